The number of amides is 2. The van der Waals surface area contributed by atoms with Crippen LogP contribution in [0.1, 0.15) is 12.8 Å². The Bertz CT molecular complexity index is 837. The Hall–Kier alpha value is -2.54. The molecule has 3 rings (SSSR count). The van der Waals surface area contributed by atoms with Crippen LogP contribution in [0.2, 0.25) is 5.02 Å². The molecule has 1 aromatic carbocycles. The zero-order valence-electron chi connectivity index (χ0n) is 15.2. The van der Waals surface area contributed by atoms with E-state index in [1.54, 1.807) is 0 Å². The van der Waals surface area contributed by atoms with Crippen LogP contribution in [0.4, 0.5) is 10.6 Å². The summed E-state index contributed by atoms with van der Waals surface area (Å²) in [4.78, 5) is 31.0. The molecule has 2 aromatic rings. The normalized spacial score (nSPS) is 15.0. The molecule has 8 heteroatoms. The minimum Gasteiger partial charge on any atom is -0.465 e. The number of carboxylic acid groups (broad SMARTS) is 1. The minimum atomic E-state index is -1.06. The van der Waals surface area contributed by atoms with E-state index in [-0.39, 0.29) is 18.4 Å². The smallest absolute Gasteiger partial charge is 0.407 e. The second-order valence-electron chi connectivity index (χ2n) is 6.77. The van der Waals surface area contributed by atoms with E-state index in [4.69, 9.17) is 16.6 Å². The molecule has 1 fully saturated rings. The monoisotopic (exact) mass is 390 g/mol. The Morgan fingerprint density at radius 3 is 2.70 bits per heavy atom. The maximum Gasteiger partial charge on any atom is 0.407 e. The summed E-state index contributed by atoms with van der Waals surface area (Å²) >= 11 is 6.02. The third-order valence-corrected chi connectivity index (χ3v) is 5.17. The zero-order valence-corrected chi connectivity index (χ0v) is 15.9. The van der Waals surface area contributed by atoms with Gasteiger partial charge in [-0.15, -0.1) is 0 Å². The number of nitrogens with one attached hydrogen (secondary N) is 1. The molecular formula is C19H23ClN4O3. The molecule has 27 heavy (non-hydrogen) atoms. The van der Waals surface area contributed by atoms with Gasteiger partial charge in [-0.05, 0) is 49.1 Å². The number of piperidine rings is 1. The molecule has 0 atom stereocenters. The van der Waals surface area contributed by atoms with Crippen molar-refractivity contribution in [3.05, 3.63) is 35.4 Å². The van der Waals surface area contributed by atoms with Gasteiger partial charge in [0.25, 0.3) is 0 Å². The number of carbonyl (C=O) groups is 2. The van der Waals surface area contributed by atoms with E-state index in [2.05, 4.69) is 10.2 Å². The van der Waals surface area contributed by atoms with Gasteiger partial charge in [0.15, 0.2) is 0 Å². The van der Waals surface area contributed by atoms with Gasteiger partial charge < -0.3 is 15.3 Å². The molecule has 144 valence electrons. The quantitative estimate of drug-likeness (QED) is 0.819. The topological polar surface area (TPSA) is 85.8 Å². The molecule has 1 aliphatic heterocycles. The lowest BCUT2D eigenvalue weighted by Crippen LogP contribution is -2.44. The summed E-state index contributed by atoms with van der Waals surface area (Å²) in [5, 5.41) is 13.5. The maximum atomic E-state index is 11.5. The molecule has 0 saturated carbocycles. The molecular weight excluding hydrogens is 368 g/mol. The van der Waals surface area contributed by atoms with E-state index in [1.165, 1.54) is 11.9 Å². The molecule has 2 N–H and O–H groups in total. The third-order valence-electron chi connectivity index (χ3n) is 4.94. The Kier molecular flexibility index (Phi) is 6.01. The Morgan fingerprint density at radius 1 is 1.30 bits per heavy atom. The van der Waals surface area contributed by atoms with Crippen molar-refractivity contribution in [3.63, 3.8) is 0 Å². The number of anilines is 1. The fourth-order valence-corrected chi connectivity index (χ4v) is 3.56. The van der Waals surface area contributed by atoms with Crippen molar-refractivity contribution >= 4 is 40.3 Å². The van der Waals surface area contributed by atoms with Crippen molar-refractivity contribution in [2.45, 2.75) is 12.8 Å². The highest BCUT2D eigenvalue weighted by atomic mass is 35.5. The Morgan fingerprint density at radius 2 is 2.04 bits per heavy atom. The lowest BCUT2D eigenvalue weighted by Gasteiger charge is -2.34. The summed E-state index contributed by atoms with van der Waals surface area (Å²) < 4.78 is 0. The second kappa shape index (κ2) is 8.43. The molecule has 0 unspecified atom stereocenters. The predicted molar refractivity (Wildman–Crippen MR) is 105 cm³/mol. The SMILES string of the molecule is CNC(=O)CN(CC1CCN(c2ccc3cc(Cl)ccc3n2)CC1)C(=O)O. The number of pyridine rings is 1. The van der Waals surface area contributed by atoms with E-state index >= 15 is 0 Å². The highest BCUT2D eigenvalue weighted by Gasteiger charge is 2.25. The van der Waals surface area contributed by atoms with Gasteiger partial charge in [-0.1, -0.05) is 11.6 Å². The molecule has 1 aromatic heterocycles. The van der Waals surface area contributed by atoms with Crippen LogP contribution in [-0.2, 0) is 4.79 Å². The number of halogens is 1. The predicted octanol–water partition coefficient (Wildman–Crippen LogP) is 2.83. The standard InChI is InChI=1S/C19H23ClN4O3/c1-21-18(25)12-24(19(26)27)11-13-6-8-23(9-7-13)17-5-2-14-10-15(20)3-4-16(14)22-17/h2-5,10,13H,6-9,11-12H2,1H3,(H,21,25)(H,26,27). The lowest BCUT2D eigenvalue weighted by molar-refractivity contribution is -0.121. The first kappa shape index (κ1) is 19.2. The number of rotatable bonds is 5. The third kappa shape index (κ3) is 4.80. The van der Waals surface area contributed by atoms with Crippen LogP contribution >= 0.6 is 11.6 Å². The highest BCUT2D eigenvalue weighted by Crippen LogP contribution is 2.25. The molecule has 1 saturated heterocycles. The van der Waals surface area contributed by atoms with Gasteiger partial charge in [-0.25, -0.2) is 9.78 Å². The summed E-state index contributed by atoms with van der Waals surface area (Å²) in [6.45, 7) is 1.87. The summed E-state index contributed by atoms with van der Waals surface area (Å²) in [7, 11) is 1.51. The molecule has 0 radical (unpaired) electrons. The number of hydrogen-bond donors (Lipinski definition) is 2. The molecule has 0 aliphatic carbocycles. The molecule has 1 aliphatic rings. The lowest BCUT2D eigenvalue weighted by atomic mass is 9.96. The van der Waals surface area contributed by atoms with Crippen molar-refractivity contribution in [1.82, 2.24) is 15.2 Å². The molecule has 0 bridgehead atoms. The van der Waals surface area contributed by atoms with Gasteiger partial charge in [0.1, 0.15) is 12.4 Å². The van der Waals surface area contributed by atoms with Crippen LogP contribution in [0.25, 0.3) is 10.9 Å². The van der Waals surface area contributed by atoms with Gasteiger partial charge in [0, 0.05) is 37.1 Å². The Balaban J connectivity index is 1.60. The first-order chi connectivity index (χ1) is 13.0. The number of benzene rings is 1. The van der Waals surface area contributed by atoms with E-state index < -0.39 is 6.09 Å². The minimum absolute atomic E-state index is 0.124. The van der Waals surface area contributed by atoms with Gasteiger partial charge >= 0.3 is 6.09 Å². The summed E-state index contributed by atoms with van der Waals surface area (Å²) in [6, 6.07) is 9.66. The average molecular weight is 391 g/mol. The number of hydrogen-bond acceptors (Lipinski definition) is 4. The van der Waals surface area contributed by atoms with Gasteiger partial charge in [0.2, 0.25) is 5.91 Å². The van der Waals surface area contributed by atoms with E-state index in [0.29, 0.717) is 11.6 Å². The first-order valence-corrected chi connectivity index (χ1v) is 9.34. The summed E-state index contributed by atoms with van der Waals surface area (Å²) in [6.07, 6.45) is 0.659. The van der Waals surface area contributed by atoms with Crippen LogP contribution in [0.15, 0.2) is 30.3 Å². The van der Waals surface area contributed by atoms with E-state index in [0.717, 1.165) is 42.7 Å². The van der Waals surface area contributed by atoms with Crippen molar-refractivity contribution in [1.29, 1.82) is 0 Å². The van der Waals surface area contributed by atoms with Gasteiger partial charge in [-0.3, -0.25) is 9.69 Å². The number of fused-ring (bicyclic) bond motifs is 1. The van der Waals surface area contributed by atoms with E-state index in [9.17, 15) is 14.7 Å². The zero-order chi connectivity index (χ0) is 19.4. The van der Waals surface area contributed by atoms with Crippen LogP contribution in [0.3, 0.4) is 0 Å². The van der Waals surface area contributed by atoms with Crippen molar-refractivity contribution in [2.24, 2.45) is 5.92 Å². The number of aromatic nitrogens is 1. The summed E-state index contributed by atoms with van der Waals surface area (Å²) in [5.74, 6) is 0.861. The van der Waals surface area contributed by atoms with Gasteiger partial charge in [0.05, 0.1) is 5.52 Å². The molecule has 2 heterocycles. The number of nitrogens with zero attached hydrogens (tertiary/aromatic N) is 3. The van der Waals surface area contributed by atoms with Crippen molar-refractivity contribution < 1.29 is 14.7 Å². The molecule has 7 nitrogen and oxygen atoms in total. The highest BCUT2D eigenvalue weighted by molar-refractivity contribution is 6.31. The average Bonchev–Trinajstić information content (AvgIpc) is 2.67. The van der Waals surface area contributed by atoms with Crippen molar-refractivity contribution in [3.8, 4) is 0 Å². The largest absolute Gasteiger partial charge is 0.465 e. The fraction of sp³-hybridized carbons (Fsp3) is 0.421. The second-order valence-corrected chi connectivity index (χ2v) is 7.21. The fourth-order valence-electron chi connectivity index (χ4n) is 3.38. The maximum absolute atomic E-state index is 11.5. The van der Waals surface area contributed by atoms with Crippen LogP contribution in [0, 0.1) is 5.92 Å². The molecule has 0 spiro atoms. The summed E-state index contributed by atoms with van der Waals surface area (Å²) in [5.41, 5.74) is 0.904. The van der Waals surface area contributed by atoms with Crippen LogP contribution < -0.4 is 10.2 Å². The van der Waals surface area contributed by atoms with Crippen LogP contribution in [-0.4, -0.2) is 60.2 Å². The van der Waals surface area contributed by atoms with Gasteiger partial charge in [-0.2, -0.15) is 0 Å². The van der Waals surface area contributed by atoms with E-state index in [1.807, 2.05) is 30.3 Å². The van der Waals surface area contributed by atoms with Crippen molar-refractivity contribution in [2.75, 3.05) is 38.1 Å². The Labute approximate surface area is 162 Å². The van der Waals surface area contributed by atoms with Crippen LogP contribution in [0.5, 0.6) is 0 Å². The first-order valence-electron chi connectivity index (χ1n) is 8.96. The molecule has 2 amide bonds. The number of likely N-dealkylation sites (N-methyl/N-ethyl adjacent to an activating group) is 1. The number of carbonyl (C=O) groups excluding carboxylic acids is 1.